The lowest BCUT2D eigenvalue weighted by Gasteiger charge is -2.09. The van der Waals surface area contributed by atoms with Crippen molar-refractivity contribution >= 4 is 29.1 Å². The molecule has 2 aromatic rings. The number of benzene rings is 2. The maximum absolute atomic E-state index is 11.7. The van der Waals surface area contributed by atoms with Gasteiger partial charge in [0.1, 0.15) is 5.75 Å². The molecule has 0 spiro atoms. The summed E-state index contributed by atoms with van der Waals surface area (Å²) in [7, 11) is 1.59. The lowest BCUT2D eigenvalue weighted by atomic mass is 10.1. The summed E-state index contributed by atoms with van der Waals surface area (Å²) in [6.07, 6.45) is 0. The van der Waals surface area contributed by atoms with Crippen LogP contribution in [-0.4, -0.2) is 12.9 Å². The number of ether oxygens (including phenoxy) is 1. The number of halogens is 1. The summed E-state index contributed by atoms with van der Waals surface area (Å²) in [6.45, 7) is 1.56. The van der Waals surface area contributed by atoms with E-state index in [-0.39, 0.29) is 5.78 Å². The topological polar surface area (TPSA) is 26.3 Å². The first-order valence-corrected chi connectivity index (χ1v) is 6.92. The Balaban J connectivity index is 2.33. The minimum absolute atomic E-state index is 0.0235. The molecule has 0 atom stereocenters. The molecule has 0 N–H and O–H groups in total. The fourth-order valence-corrected chi connectivity index (χ4v) is 2.73. The van der Waals surface area contributed by atoms with Crippen molar-refractivity contribution in [2.45, 2.75) is 16.7 Å². The number of rotatable bonds is 4. The Morgan fingerprint density at radius 1 is 1.16 bits per heavy atom. The van der Waals surface area contributed by atoms with Crippen LogP contribution in [0.1, 0.15) is 17.3 Å². The van der Waals surface area contributed by atoms with E-state index in [1.165, 1.54) is 11.8 Å². The molecule has 0 aliphatic heterocycles. The second kappa shape index (κ2) is 6.13. The number of carbonyl (C=O) groups is 1. The Kier molecular flexibility index (Phi) is 4.51. The third-order valence-electron chi connectivity index (χ3n) is 2.61. The minimum atomic E-state index is 0.0235. The molecule has 0 aliphatic carbocycles. The highest BCUT2D eigenvalue weighted by molar-refractivity contribution is 7.99. The smallest absolute Gasteiger partial charge is 0.161 e. The van der Waals surface area contributed by atoms with Crippen LogP contribution in [-0.2, 0) is 0 Å². The van der Waals surface area contributed by atoms with Gasteiger partial charge >= 0.3 is 0 Å². The first-order valence-electron chi connectivity index (χ1n) is 5.72. The van der Waals surface area contributed by atoms with E-state index >= 15 is 0 Å². The van der Waals surface area contributed by atoms with E-state index in [0.717, 1.165) is 9.79 Å². The summed E-state index contributed by atoms with van der Waals surface area (Å²) in [6, 6.07) is 13.0. The number of Topliss-reactive ketones (excluding diaryl/α,β-unsaturated/α-hetero) is 1. The molecule has 2 nitrogen and oxygen atoms in total. The highest BCUT2D eigenvalue weighted by atomic mass is 35.5. The molecule has 0 bridgehead atoms. The van der Waals surface area contributed by atoms with Crippen molar-refractivity contribution in [3.63, 3.8) is 0 Å². The summed E-state index contributed by atoms with van der Waals surface area (Å²) in [5.74, 6) is 0.709. The van der Waals surface area contributed by atoms with Crippen molar-refractivity contribution in [3.8, 4) is 5.75 Å². The van der Waals surface area contributed by atoms with Crippen LogP contribution < -0.4 is 4.74 Å². The van der Waals surface area contributed by atoms with E-state index in [0.29, 0.717) is 16.3 Å². The van der Waals surface area contributed by atoms with E-state index in [1.807, 2.05) is 36.4 Å². The predicted molar refractivity (Wildman–Crippen MR) is 78.6 cm³/mol. The minimum Gasteiger partial charge on any atom is -0.497 e. The van der Waals surface area contributed by atoms with Gasteiger partial charge < -0.3 is 4.74 Å². The number of ketones is 1. The summed E-state index contributed by atoms with van der Waals surface area (Å²) in [5.41, 5.74) is 0.666. The maximum Gasteiger partial charge on any atom is 0.161 e. The Labute approximate surface area is 121 Å². The molecular formula is C15H13ClO2S. The van der Waals surface area contributed by atoms with Crippen molar-refractivity contribution < 1.29 is 9.53 Å². The van der Waals surface area contributed by atoms with Crippen molar-refractivity contribution in [2.24, 2.45) is 0 Å². The third kappa shape index (κ3) is 3.52. The molecule has 0 radical (unpaired) electrons. The Hall–Kier alpha value is -1.45. The molecular weight excluding hydrogens is 280 g/mol. The van der Waals surface area contributed by atoms with Crippen LogP contribution in [0.25, 0.3) is 0 Å². The lowest BCUT2D eigenvalue weighted by molar-refractivity contribution is 0.101. The summed E-state index contributed by atoms with van der Waals surface area (Å²) in [5, 5.41) is 0.700. The first kappa shape index (κ1) is 14.0. The lowest BCUT2D eigenvalue weighted by Crippen LogP contribution is -1.96. The average molecular weight is 293 g/mol. The molecule has 2 aromatic carbocycles. The predicted octanol–water partition coefficient (Wildman–Crippen LogP) is 4.70. The molecule has 0 aromatic heterocycles. The van der Waals surface area contributed by atoms with E-state index in [4.69, 9.17) is 16.3 Å². The molecule has 0 saturated heterocycles. The molecule has 2 rings (SSSR count). The quantitative estimate of drug-likeness (QED) is 0.764. The van der Waals surface area contributed by atoms with Gasteiger partial charge in [-0.05, 0) is 49.4 Å². The monoisotopic (exact) mass is 292 g/mol. The van der Waals surface area contributed by atoms with Gasteiger partial charge in [0, 0.05) is 20.4 Å². The molecule has 0 heterocycles. The largest absolute Gasteiger partial charge is 0.497 e. The maximum atomic E-state index is 11.7. The van der Waals surface area contributed by atoms with Gasteiger partial charge in [-0.3, -0.25) is 4.79 Å². The van der Waals surface area contributed by atoms with Gasteiger partial charge in [0.2, 0.25) is 0 Å². The van der Waals surface area contributed by atoms with Crippen LogP contribution in [0.3, 0.4) is 0 Å². The molecule has 4 heteroatoms. The summed E-state index contributed by atoms with van der Waals surface area (Å²) >= 11 is 7.39. The van der Waals surface area contributed by atoms with Crippen LogP contribution in [0.2, 0.25) is 5.02 Å². The van der Waals surface area contributed by atoms with Crippen molar-refractivity contribution in [2.75, 3.05) is 7.11 Å². The van der Waals surface area contributed by atoms with Gasteiger partial charge in [0.05, 0.1) is 7.11 Å². The van der Waals surface area contributed by atoms with E-state index in [2.05, 4.69) is 0 Å². The normalized spacial score (nSPS) is 10.3. The van der Waals surface area contributed by atoms with Crippen LogP contribution in [0, 0.1) is 0 Å². The number of hydrogen-bond donors (Lipinski definition) is 0. The van der Waals surface area contributed by atoms with E-state index < -0.39 is 0 Å². The SMILES string of the molecule is COc1ccc(Sc2ccc(Cl)cc2)c(C(C)=O)c1. The molecule has 0 fully saturated rings. The standard InChI is InChI=1S/C15H13ClO2S/c1-10(17)14-9-12(18-2)5-8-15(14)19-13-6-3-11(16)4-7-13/h3-9H,1-2H3. The van der Waals surface area contributed by atoms with E-state index in [1.54, 1.807) is 20.1 Å². The van der Waals surface area contributed by atoms with Gasteiger partial charge in [-0.25, -0.2) is 0 Å². The molecule has 19 heavy (non-hydrogen) atoms. The zero-order valence-corrected chi connectivity index (χ0v) is 12.2. The molecule has 98 valence electrons. The second-order valence-corrected chi connectivity index (χ2v) is 5.53. The first-order chi connectivity index (χ1) is 9.10. The fraction of sp³-hybridized carbons (Fsp3) is 0.133. The van der Waals surface area contributed by atoms with Gasteiger partial charge in [-0.1, -0.05) is 23.4 Å². The summed E-state index contributed by atoms with van der Waals surface area (Å²) < 4.78 is 5.15. The van der Waals surface area contributed by atoms with Gasteiger partial charge in [0.25, 0.3) is 0 Å². The second-order valence-electron chi connectivity index (χ2n) is 3.97. The van der Waals surface area contributed by atoms with Crippen molar-refractivity contribution in [1.29, 1.82) is 0 Å². The van der Waals surface area contributed by atoms with Crippen LogP contribution >= 0.6 is 23.4 Å². The van der Waals surface area contributed by atoms with Crippen LogP contribution in [0.5, 0.6) is 5.75 Å². The van der Waals surface area contributed by atoms with Gasteiger partial charge in [-0.15, -0.1) is 0 Å². The molecule has 0 saturated carbocycles. The number of carbonyl (C=O) groups excluding carboxylic acids is 1. The zero-order chi connectivity index (χ0) is 13.8. The average Bonchev–Trinajstić information content (AvgIpc) is 2.41. The molecule has 0 aliphatic rings. The van der Waals surface area contributed by atoms with Gasteiger partial charge in [-0.2, -0.15) is 0 Å². The van der Waals surface area contributed by atoms with E-state index in [9.17, 15) is 4.79 Å². The van der Waals surface area contributed by atoms with Crippen LogP contribution in [0.15, 0.2) is 52.3 Å². The highest BCUT2D eigenvalue weighted by Crippen LogP contribution is 2.33. The summed E-state index contributed by atoms with van der Waals surface area (Å²) in [4.78, 5) is 13.6. The fourth-order valence-electron chi connectivity index (χ4n) is 1.63. The molecule has 0 unspecified atom stereocenters. The highest BCUT2D eigenvalue weighted by Gasteiger charge is 2.10. The third-order valence-corrected chi connectivity index (χ3v) is 3.94. The Bertz CT molecular complexity index is 594. The number of hydrogen-bond acceptors (Lipinski definition) is 3. The molecule has 0 amide bonds. The zero-order valence-electron chi connectivity index (χ0n) is 10.6. The van der Waals surface area contributed by atoms with Crippen LogP contribution in [0.4, 0.5) is 0 Å². The Morgan fingerprint density at radius 3 is 2.42 bits per heavy atom. The van der Waals surface area contributed by atoms with Gasteiger partial charge in [0.15, 0.2) is 5.78 Å². The Morgan fingerprint density at radius 2 is 1.84 bits per heavy atom. The van der Waals surface area contributed by atoms with Crippen molar-refractivity contribution in [3.05, 3.63) is 53.1 Å². The number of methoxy groups -OCH3 is 1. The van der Waals surface area contributed by atoms with Crippen molar-refractivity contribution in [1.82, 2.24) is 0 Å².